The Hall–Kier alpha value is -7.46. The Kier molecular flexibility index (Phi) is 7.13. The molecular weight excluding hydrogens is 745 g/mol. The van der Waals surface area contributed by atoms with E-state index in [0.29, 0.717) is 0 Å². The lowest BCUT2D eigenvalue weighted by atomic mass is 9.67. The lowest BCUT2D eigenvalue weighted by molar-refractivity contribution is 0.769. The van der Waals surface area contributed by atoms with Crippen LogP contribution in [0.2, 0.25) is 0 Å². The van der Waals surface area contributed by atoms with E-state index in [1.165, 1.54) is 103 Å². The molecule has 0 N–H and O–H groups in total. The third-order valence-corrected chi connectivity index (χ3v) is 14.2. The lowest BCUT2D eigenvalue weighted by Gasteiger charge is -2.34. The Labute approximate surface area is 351 Å². The number of benzene rings is 9. The monoisotopic (exact) mass is 780 g/mol. The van der Waals surface area contributed by atoms with Crippen LogP contribution in [0.25, 0.3) is 86.6 Å². The minimum atomic E-state index is -0.477. The second kappa shape index (κ2) is 12.8. The highest BCUT2D eigenvalue weighted by Gasteiger charge is 2.46. The summed E-state index contributed by atoms with van der Waals surface area (Å²) in [5.41, 5.74) is 17.0. The number of aromatic nitrogens is 2. The van der Waals surface area contributed by atoms with Gasteiger partial charge in [0.2, 0.25) is 0 Å². The number of para-hydroxylation sites is 2. The minimum absolute atomic E-state index is 0.477. The Morgan fingerprint density at radius 2 is 0.883 bits per heavy atom. The van der Waals surface area contributed by atoms with E-state index in [0.717, 1.165) is 5.69 Å². The van der Waals surface area contributed by atoms with Gasteiger partial charge >= 0.3 is 0 Å². The molecule has 0 fully saturated rings. The summed E-state index contributed by atoms with van der Waals surface area (Å²) in [7, 11) is 0. The average Bonchev–Trinajstić information content (AvgIpc) is 4.04. The summed E-state index contributed by atoms with van der Waals surface area (Å²) in [4.78, 5) is 0. The lowest BCUT2D eigenvalue weighted by Crippen LogP contribution is -2.28. The highest BCUT2D eigenvalue weighted by molar-refractivity contribution is 7.26. The first-order valence-corrected chi connectivity index (χ1v) is 21.5. The van der Waals surface area contributed by atoms with Gasteiger partial charge in [0.15, 0.2) is 0 Å². The summed E-state index contributed by atoms with van der Waals surface area (Å²) in [6.07, 6.45) is 0. The topological polar surface area (TPSA) is 9.86 Å². The predicted molar refractivity (Wildman–Crippen MR) is 253 cm³/mol. The van der Waals surface area contributed by atoms with Crippen LogP contribution >= 0.6 is 11.3 Å². The van der Waals surface area contributed by atoms with E-state index in [9.17, 15) is 0 Å². The summed E-state index contributed by atoms with van der Waals surface area (Å²) >= 11 is 1.89. The van der Waals surface area contributed by atoms with Gasteiger partial charge in [-0.05, 0) is 111 Å². The standard InChI is InChI=1S/C57H36N2S/c1-5-17-39(18-6-1)57(40-19-7-2-8-20-40)49-27-15-13-25-43(49)45-35-47-46-33-37(29-31-51(46)58(53(47)36-50(45)57)41-21-9-3-10-22-41)38-30-32-52-48(34-38)56-55(44-26-14-16-28-54(44)60-56)59(52)42-23-11-4-12-24-42/h1-36H. The van der Waals surface area contributed by atoms with Gasteiger partial charge in [-0.15, -0.1) is 11.3 Å². The summed E-state index contributed by atoms with van der Waals surface area (Å²) in [6.45, 7) is 0. The molecule has 0 spiro atoms. The molecule has 3 heteroatoms. The molecule has 0 amide bonds. The quantitative estimate of drug-likeness (QED) is 0.165. The molecule has 0 aliphatic heterocycles. The molecule has 0 saturated carbocycles. The fourth-order valence-electron chi connectivity index (χ4n) is 10.5. The number of hydrogen-bond acceptors (Lipinski definition) is 1. The Morgan fingerprint density at radius 3 is 1.57 bits per heavy atom. The number of thiophene rings is 1. The van der Waals surface area contributed by atoms with Gasteiger partial charge in [0.25, 0.3) is 0 Å². The molecule has 13 rings (SSSR count). The second-order valence-corrected chi connectivity index (χ2v) is 17.1. The molecule has 1 aliphatic rings. The first-order chi connectivity index (χ1) is 29.8. The Bertz CT molecular complexity index is 3590. The molecule has 0 atom stereocenters. The molecule has 0 saturated heterocycles. The summed E-state index contributed by atoms with van der Waals surface area (Å²) in [5.74, 6) is 0. The van der Waals surface area contributed by atoms with Gasteiger partial charge in [-0.1, -0.05) is 152 Å². The molecule has 60 heavy (non-hydrogen) atoms. The van der Waals surface area contributed by atoms with Crippen LogP contribution in [-0.2, 0) is 5.41 Å². The minimum Gasteiger partial charge on any atom is -0.309 e. The first kappa shape index (κ1) is 33.5. The summed E-state index contributed by atoms with van der Waals surface area (Å²) < 4.78 is 7.57. The van der Waals surface area contributed by atoms with Gasteiger partial charge < -0.3 is 9.13 Å². The van der Waals surface area contributed by atoms with Crippen molar-refractivity contribution in [3.8, 4) is 33.6 Å². The van der Waals surface area contributed by atoms with Crippen molar-refractivity contribution in [2.75, 3.05) is 0 Å². The molecule has 2 nitrogen and oxygen atoms in total. The Morgan fingerprint density at radius 1 is 0.350 bits per heavy atom. The van der Waals surface area contributed by atoms with Crippen LogP contribution in [-0.4, -0.2) is 9.13 Å². The molecule has 12 aromatic rings. The molecule has 280 valence electrons. The largest absolute Gasteiger partial charge is 0.309 e. The molecular formula is C57H36N2S. The predicted octanol–water partition coefficient (Wildman–Crippen LogP) is 15.1. The van der Waals surface area contributed by atoms with E-state index in [1.54, 1.807) is 0 Å². The highest BCUT2D eigenvalue weighted by atomic mass is 32.1. The fourth-order valence-corrected chi connectivity index (χ4v) is 11.7. The van der Waals surface area contributed by atoms with Gasteiger partial charge in [0.05, 0.1) is 32.2 Å². The molecule has 9 aromatic carbocycles. The summed E-state index contributed by atoms with van der Waals surface area (Å²) in [5, 5.41) is 5.08. The SMILES string of the molecule is c1ccc(-n2c3ccc(-c4ccc5c(c4)c4sc6ccccc6c4n5-c4ccccc4)cc3c3cc4c(cc32)C(c2ccccc2)(c2ccccc2)c2ccccc2-4)cc1. The van der Waals surface area contributed by atoms with Crippen LogP contribution < -0.4 is 0 Å². The van der Waals surface area contributed by atoms with Crippen molar-refractivity contribution in [1.29, 1.82) is 0 Å². The van der Waals surface area contributed by atoms with E-state index in [4.69, 9.17) is 0 Å². The van der Waals surface area contributed by atoms with Gasteiger partial charge in [0, 0.05) is 37.6 Å². The zero-order valence-corrected chi connectivity index (χ0v) is 33.4. The van der Waals surface area contributed by atoms with Crippen molar-refractivity contribution in [3.05, 3.63) is 241 Å². The van der Waals surface area contributed by atoms with Gasteiger partial charge in [-0.25, -0.2) is 0 Å². The second-order valence-electron chi connectivity index (χ2n) is 16.0. The molecule has 0 unspecified atom stereocenters. The average molecular weight is 781 g/mol. The maximum absolute atomic E-state index is 2.51. The van der Waals surface area contributed by atoms with Gasteiger partial charge in [-0.3, -0.25) is 0 Å². The number of nitrogens with zero attached hydrogens (tertiary/aromatic N) is 2. The van der Waals surface area contributed by atoms with Crippen LogP contribution in [0.5, 0.6) is 0 Å². The third kappa shape index (κ3) is 4.58. The zero-order valence-electron chi connectivity index (χ0n) is 32.6. The van der Waals surface area contributed by atoms with E-state index in [-0.39, 0.29) is 0 Å². The zero-order chi connectivity index (χ0) is 39.4. The van der Waals surface area contributed by atoms with Crippen molar-refractivity contribution < 1.29 is 0 Å². The van der Waals surface area contributed by atoms with Crippen LogP contribution in [0.4, 0.5) is 0 Å². The van der Waals surface area contributed by atoms with Crippen molar-refractivity contribution >= 4 is 64.3 Å². The van der Waals surface area contributed by atoms with E-state index >= 15 is 0 Å². The third-order valence-electron chi connectivity index (χ3n) is 13.0. The van der Waals surface area contributed by atoms with Gasteiger partial charge in [0.1, 0.15) is 0 Å². The normalized spacial score (nSPS) is 13.1. The summed E-state index contributed by atoms with van der Waals surface area (Å²) in [6, 6.07) is 80.9. The number of fused-ring (bicyclic) bond motifs is 11. The van der Waals surface area contributed by atoms with Crippen LogP contribution in [0, 0.1) is 0 Å². The Balaban J connectivity index is 1.09. The first-order valence-electron chi connectivity index (χ1n) is 20.7. The van der Waals surface area contributed by atoms with Crippen LogP contribution in [0.3, 0.4) is 0 Å². The number of rotatable bonds is 5. The smallest absolute Gasteiger partial charge is 0.0727 e. The van der Waals surface area contributed by atoms with Crippen molar-refractivity contribution in [2.45, 2.75) is 5.41 Å². The van der Waals surface area contributed by atoms with Crippen molar-refractivity contribution in [2.24, 2.45) is 0 Å². The van der Waals surface area contributed by atoms with E-state index in [2.05, 4.69) is 228 Å². The number of hydrogen-bond donors (Lipinski definition) is 0. The van der Waals surface area contributed by atoms with Crippen molar-refractivity contribution in [1.82, 2.24) is 9.13 Å². The van der Waals surface area contributed by atoms with E-state index in [1.807, 2.05) is 11.3 Å². The van der Waals surface area contributed by atoms with Crippen LogP contribution in [0.15, 0.2) is 218 Å². The highest BCUT2D eigenvalue weighted by Crippen LogP contribution is 2.57. The molecule has 0 bridgehead atoms. The van der Waals surface area contributed by atoms with Gasteiger partial charge in [-0.2, -0.15) is 0 Å². The van der Waals surface area contributed by atoms with E-state index < -0.39 is 5.41 Å². The molecule has 3 aromatic heterocycles. The maximum atomic E-state index is 2.51. The van der Waals surface area contributed by atoms with Crippen LogP contribution in [0.1, 0.15) is 22.3 Å². The fraction of sp³-hybridized carbons (Fsp3) is 0.0175. The molecule has 1 aliphatic carbocycles. The molecule has 3 heterocycles. The molecule has 0 radical (unpaired) electrons. The maximum Gasteiger partial charge on any atom is 0.0727 e. The van der Waals surface area contributed by atoms with Crippen molar-refractivity contribution in [3.63, 3.8) is 0 Å².